The van der Waals surface area contributed by atoms with Crippen LogP contribution in [0.25, 0.3) is 0 Å². The van der Waals surface area contributed by atoms with Gasteiger partial charge < -0.3 is 11.1 Å². The lowest BCUT2D eigenvalue weighted by molar-refractivity contribution is -0.132. The smallest absolute Gasteiger partial charge is 0.227 e. The summed E-state index contributed by atoms with van der Waals surface area (Å²) in [5.74, 6) is -0.0606. The number of amides is 1. The molecule has 0 aliphatic carbocycles. The first-order valence-corrected chi connectivity index (χ1v) is 5.30. The van der Waals surface area contributed by atoms with Crippen LogP contribution in [0.2, 0.25) is 0 Å². The van der Waals surface area contributed by atoms with E-state index in [1.807, 2.05) is 33.8 Å². The Labute approximate surface area is 95.8 Å². The van der Waals surface area contributed by atoms with E-state index < -0.39 is 11.0 Å². The van der Waals surface area contributed by atoms with Crippen molar-refractivity contribution < 1.29 is 4.79 Å². The third-order valence-electron chi connectivity index (χ3n) is 3.18. The second-order valence-electron chi connectivity index (χ2n) is 5.11. The van der Waals surface area contributed by atoms with Crippen molar-refractivity contribution >= 4 is 5.91 Å². The molecule has 0 radical (unpaired) electrons. The molecule has 4 N–H and O–H groups in total. The van der Waals surface area contributed by atoms with Gasteiger partial charge in [-0.25, -0.2) is 0 Å². The Morgan fingerprint density at radius 3 is 2.56 bits per heavy atom. The van der Waals surface area contributed by atoms with Gasteiger partial charge in [0.15, 0.2) is 0 Å². The predicted molar refractivity (Wildman–Crippen MR) is 62.5 cm³/mol. The van der Waals surface area contributed by atoms with Crippen molar-refractivity contribution in [1.82, 2.24) is 15.5 Å². The number of hydrogen-bond donors (Lipinski definition) is 3. The lowest BCUT2D eigenvalue weighted by Gasteiger charge is -2.36. The summed E-state index contributed by atoms with van der Waals surface area (Å²) < 4.78 is 0. The molecule has 0 saturated carbocycles. The minimum atomic E-state index is -0.618. The fraction of sp³-hybridized carbons (Fsp3) is 0.636. The molecule has 0 aliphatic rings. The molecule has 0 saturated heterocycles. The van der Waals surface area contributed by atoms with Gasteiger partial charge in [0.05, 0.1) is 17.7 Å². The summed E-state index contributed by atoms with van der Waals surface area (Å²) >= 11 is 0. The molecule has 16 heavy (non-hydrogen) atoms. The highest BCUT2D eigenvalue weighted by molar-refractivity contribution is 5.83. The number of nitrogens with two attached hydrogens (primary N) is 1. The number of hydrogen-bond acceptors (Lipinski definition) is 3. The summed E-state index contributed by atoms with van der Waals surface area (Å²) in [5, 5.41) is 9.44. The lowest BCUT2D eigenvalue weighted by Crippen LogP contribution is -2.55. The molecular formula is C11H20N4O. The first-order valence-electron chi connectivity index (χ1n) is 5.30. The van der Waals surface area contributed by atoms with Crippen molar-refractivity contribution in [2.24, 2.45) is 11.1 Å². The average molecular weight is 224 g/mol. The molecule has 0 spiro atoms. The van der Waals surface area contributed by atoms with Crippen LogP contribution >= 0.6 is 0 Å². The molecule has 5 nitrogen and oxygen atoms in total. The van der Waals surface area contributed by atoms with E-state index in [2.05, 4.69) is 15.5 Å². The van der Waals surface area contributed by atoms with Gasteiger partial charge in [-0.3, -0.25) is 9.89 Å². The number of rotatable bonds is 4. The van der Waals surface area contributed by atoms with E-state index in [4.69, 9.17) is 5.73 Å². The van der Waals surface area contributed by atoms with E-state index in [0.29, 0.717) is 6.54 Å². The summed E-state index contributed by atoms with van der Waals surface area (Å²) in [4.78, 5) is 12.0. The molecule has 1 aromatic rings. The van der Waals surface area contributed by atoms with Crippen LogP contribution in [0.1, 0.15) is 33.4 Å². The van der Waals surface area contributed by atoms with Gasteiger partial charge in [-0.05, 0) is 33.8 Å². The van der Waals surface area contributed by atoms with Gasteiger partial charge in [-0.1, -0.05) is 0 Å². The minimum absolute atomic E-state index is 0.0606. The largest absolute Gasteiger partial charge is 0.350 e. The van der Waals surface area contributed by atoms with Gasteiger partial charge in [-0.15, -0.1) is 0 Å². The zero-order chi connectivity index (χ0) is 12.4. The summed E-state index contributed by atoms with van der Waals surface area (Å²) in [7, 11) is 0. The quantitative estimate of drug-likeness (QED) is 0.707. The van der Waals surface area contributed by atoms with E-state index in [0.717, 1.165) is 5.69 Å². The van der Waals surface area contributed by atoms with E-state index in [1.54, 1.807) is 6.20 Å². The molecule has 1 amide bonds. The maximum atomic E-state index is 12.0. The fourth-order valence-electron chi connectivity index (χ4n) is 1.07. The molecule has 0 fully saturated rings. The maximum Gasteiger partial charge on any atom is 0.227 e. The molecule has 0 bridgehead atoms. The van der Waals surface area contributed by atoms with Gasteiger partial charge in [0.2, 0.25) is 5.91 Å². The average Bonchev–Trinajstić information content (AvgIpc) is 2.64. The molecule has 0 unspecified atom stereocenters. The number of carbonyl (C=O) groups excluding carboxylic acids is 1. The summed E-state index contributed by atoms with van der Waals surface area (Å²) in [6.07, 6.45) is 1.65. The SMILES string of the molecule is CC(C)(N)C(C)(C)C(=O)NCc1ccn[nH]1. The maximum absolute atomic E-state index is 12.0. The van der Waals surface area contributed by atoms with Gasteiger partial charge in [-0.2, -0.15) is 5.10 Å². The Morgan fingerprint density at radius 2 is 2.12 bits per heavy atom. The number of H-pyrrole nitrogens is 1. The molecule has 1 rings (SSSR count). The van der Waals surface area contributed by atoms with Crippen LogP contribution in [-0.2, 0) is 11.3 Å². The van der Waals surface area contributed by atoms with Gasteiger partial charge >= 0.3 is 0 Å². The van der Waals surface area contributed by atoms with Crippen LogP contribution in [0, 0.1) is 5.41 Å². The Morgan fingerprint density at radius 1 is 1.50 bits per heavy atom. The monoisotopic (exact) mass is 224 g/mol. The van der Waals surface area contributed by atoms with Crippen molar-refractivity contribution in [3.8, 4) is 0 Å². The van der Waals surface area contributed by atoms with Crippen molar-refractivity contribution in [3.05, 3.63) is 18.0 Å². The number of aromatic nitrogens is 2. The number of nitrogens with zero attached hydrogens (tertiary/aromatic N) is 1. The first kappa shape index (κ1) is 12.7. The van der Waals surface area contributed by atoms with Crippen LogP contribution in [0.5, 0.6) is 0 Å². The van der Waals surface area contributed by atoms with Crippen molar-refractivity contribution in [2.75, 3.05) is 0 Å². The van der Waals surface area contributed by atoms with Crippen LogP contribution in [0.3, 0.4) is 0 Å². The van der Waals surface area contributed by atoms with Crippen molar-refractivity contribution in [2.45, 2.75) is 39.8 Å². The Bertz CT molecular complexity index is 349. The summed E-state index contributed by atoms with van der Waals surface area (Å²) in [5.41, 5.74) is 5.67. The van der Waals surface area contributed by atoms with E-state index in [-0.39, 0.29) is 5.91 Å². The Kier molecular flexibility index (Phi) is 3.38. The molecule has 5 heteroatoms. The van der Waals surface area contributed by atoms with Crippen LogP contribution < -0.4 is 11.1 Å². The fourth-order valence-corrected chi connectivity index (χ4v) is 1.07. The second kappa shape index (κ2) is 4.25. The predicted octanol–water partition coefficient (Wildman–Crippen LogP) is 0.789. The van der Waals surface area contributed by atoms with Gasteiger partial charge in [0.25, 0.3) is 0 Å². The lowest BCUT2D eigenvalue weighted by atomic mass is 9.74. The van der Waals surface area contributed by atoms with Crippen LogP contribution in [0.15, 0.2) is 12.3 Å². The third kappa shape index (κ3) is 2.61. The van der Waals surface area contributed by atoms with Crippen LogP contribution in [0.4, 0.5) is 0 Å². The standard InChI is InChI=1S/C11H20N4O/c1-10(2,11(3,4)12)9(16)13-7-8-5-6-14-15-8/h5-6H,7,12H2,1-4H3,(H,13,16)(H,14,15). The highest BCUT2D eigenvalue weighted by Gasteiger charge is 2.40. The van der Waals surface area contributed by atoms with E-state index in [1.165, 1.54) is 0 Å². The van der Waals surface area contributed by atoms with E-state index in [9.17, 15) is 4.79 Å². The van der Waals surface area contributed by atoms with Gasteiger partial charge in [0.1, 0.15) is 0 Å². The molecule has 1 aromatic heterocycles. The highest BCUT2D eigenvalue weighted by Crippen LogP contribution is 2.28. The second-order valence-corrected chi connectivity index (χ2v) is 5.11. The van der Waals surface area contributed by atoms with Crippen LogP contribution in [-0.4, -0.2) is 21.6 Å². The molecule has 0 aliphatic heterocycles. The number of carbonyl (C=O) groups is 1. The zero-order valence-corrected chi connectivity index (χ0v) is 10.3. The molecular weight excluding hydrogens is 204 g/mol. The molecule has 0 aromatic carbocycles. The molecule has 0 atom stereocenters. The van der Waals surface area contributed by atoms with Gasteiger partial charge in [0, 0.05) is 11.7 Å². The number of nitrogens with one attached hydrogen (secondary N) is 2. The zero-order valence-electron chi connectivity index (χ0n) is 10.3. The third-order valence-corrected chi connectivity index (χ3v) is 3.18. The first-order chi connectivity index (χ1) is 7.25. The topological polar surface area (TPSA) is 83.8 Å². The normalized spacial score (nSPS) is 12.6. The molecule has 1 heterocycles. The number of aromatic amines is 1. The minimum Gasteiger partial charge on any atom is -0.350 e. The Balaban J connectivity index is 2.59. The summed E-state index contributed by atoms with van der Waals surface area (Å²) in [6.45, 7) is 7.83. The Hall–Kier alpha value is -1.36. The van der Waals surface area contributed by atoms with Crippen molar-refractivity contribution in [3.63, 3.8) is 0 Å². The van der Waals surface area contributed by atoms with E-state index >= 15 is 0 Å². The highest BCUT2D eigenvalue weighted by atomic mass is 16.2. The summed E-state index contributed by atoms with van der Waals surface area (Å²) in [6, 6.07) is 1.82. The van der Waals surface area contributed by atoms with Crippen molar-refractivity contribution in [1.29, 1.82) is 0 Å². The molecule has 90 valence electrons.